The minimum atomic E-state index is 0. The Morgan fingerprint density at radius 3 is 2.68 bits per heavy atom. The van der Waals surface area contributed by atoms with Crippen molar-refractivity contribution >= 4 is 41.7 Å². The minimum absolute atomic E-state index is 0. The summed E-state index contributed by atoms with van der Waals surface area (Å²) in [6.45, 7) is 3.98. The van der Waals surface area contributed by atoms with Crippen LogP contribution in [0.4, 0.5) is 0 Å². The summed E-state index contributed by atoms with van der Waals surface area (Å²) in [6, 6.07) is 1.97. The van der Waals surface area contributed by atoms with E-state index >= 15 is 0 Å². The molecule has 25 heavy (non-hydrogen) atoms. The third-order valence-electron chi connectivity index (χ3n) is 3.74. The predicted octanol–water partition coefficient (Wildman–Crippen LogP) is 1.46. The fraction of sp³-hybridized carbons (Fsp3) is 0.600. The lowest BCUT2D eigenvalue weighted by atomic mass is 10.4. The Bertz CT molecular complexity index is 666. The molecule has 0 unspecified atom stereocenters. The van der Waals surface area contributed by atoms with Crippen LogP contribution in [0.5, 0.6) is 0 Å². The molecule has 0 aliphatic rings. The van der Waals surface area contributed by atoms with Gasteiger partial charge in [0, 0.05) is 26.8 Å². The van der Waals surface area contributed by atoms with E-state index in [9.17, 15) is 0 Å². The van der Waals surface area contributed by atoms with Crippen LogP contribution in [0, 0.1) is 6.92 Å². The average Bonchev–Trinajstić information content (AvgIpc) is 3.13. The summed E-state index contributed by atoms with van der Waals surface area (Å²) in [5, 5.41) is 19.1. The molecule has 0 bridgehead atoms. The molecule has 0 saturated carbocycles. The van der Waals surface area contributed by atoms with E-state index in [1.807, 2.05) is 48.1 Å². The zero-order chi connectivity index (χ0) is 17.4. The van der Waals surface area contributed by atoms with Crippen molar-refractivity contribution in [3.63, 3.8) is 0 Å². The quantitative estimate of drug-likeness (QED) is 0.259. The molecule has 0 radical (unpaired) electrons. The summed E-state index contributed by atoms with van der Waals surface area (Å²) in [7, 11) is 3.89. The molecule has 2 aromatic heterocycles. The molecule has 0 aliphatic carbocycles. The lowest BCUT2D eigenvalue weighted by molar-refractivity contribution is 0.694. The second-order valence-electron chi connectivity index (χ2n) is 5.46. The molecular formula is C15H27IN8S. The van der Waals surface area contributed by atoms with Gasteiger partial charge in [0.15, 0.2) is 11.8 Å². The largest absolute Gasteiger partial charge is 0.356 e. The van der Waals surface area contributed by atoms with Crippen LogP contribution in [0.1, 0.15) is 23.8 Å². The van der Waals surface area contributed by atoms with Gasteiger partial charge in [0.25, 0.3) is 0 Å². The first-order chi connectivity index (χ1) is 11.6. The number of aliphatic imine (C=N–C) groups is 1. The summed E-state index contributed by atoms with van der Waals surface area (Å²) in [5.74, 6) is 3.68. The fourth-order valence-electron chi connectivity index (χ4n) is 2.08. The molecule has 140 valence electrons. The predicted molar refractivity (Wildman–Crippen MR) is 113 cm³/mol. The number of aryl methyl sites for hydroxylation is 2. The van der Waals surface area contributed by atoms with Gasteiger partial charge in [0.05, 0.1) is 18.8 Å². The summed E-state index contributed by atoms with van der Waals surface area (Å²) in [6.07, 6.45) is 4.99. The highest BCUT2D eigenvalue weighted by atomic mass is 127. The van der Waals surface area contributed by atoms with E-state index in [4.69, 9.17) is 0 Å². The number of hydrogen-bond donors (Lipinski definition) is 2. The van der Waals surface area contributed by atoms with Gasteiger partial charge >= 0.3 is 0 Å². The van der Waals surface area contributed by atoms with Crippen LogP contribution in [0.2, 0.25) is 0 Å². The van der Waals surface area contributed by atoms with E-state index in [0.29, 0.717) is 13.1 Å². The lowest BCUT2D eigenvalue weighted by Crippen LogP contribution is -2.38. The van der Waals surface area contributed by atoms with Gasteiger partial charge in [-0.1, -0.05) is 0 Å². The molecule has 0 aromatic carbocycles. The number of nitrogens with one attached hydrogen (secondary N) is 2. The van der Waals surface area contributed by atoms with Gasteiger partial charge in [-0.25, -0.2) is 4.99 Å². The highest BCUT2D eigenvalue weighted by Gasteiger charge is 2.06. The minimum Gasteiger partial charge on any atom is -0.356 e. The number of guanidine groups is 1. The number of nitrogens with zero attached hydrogens (tertiary/aromatic N) is 6. The standard InChI is InChI=1S/C15H26N8S.HI/c1-12-20-21-14(22(12)2)11-18-15(16-7-5-9-24-4)17-10-13-6-8-19-23(13)3;/h6,8H,5,7,9-11H2,1-4H3,(H2,16,17,18);1H. The third kappa shape index (κ3) is 6.84. The molecule has 0 saturated heterocycles. The first kappa shape index (κ1) is 21.7. The Morgan fingerprint density at radius 2 is 2.08 bits per heavy atom. The number of rotatable bonds is 8. The van der Waals surface area contributed by atoms with Crippen LogP contribution < -0.4 is 10.6 Å². The fourth-order valence-corrected chi connectivity index (χ4v) is 2.51. The van der Waals surface area contributed by atoms with E-state index in [-0.39, 0.29) is 24.0 Å². The number of hydrogen-bond acceptors (Lipinski definition) is 5. The maximum atomic E-state index is 4.65. The van der Waals surface area contributed by atoms with Crippen LogP contribution in [0.15, 0.2) is 17.3 Å². The number of halogens is 1. The molecule has 10 heteroatoms. The maximum absolute atomic E-state index is 4.65. The van der Waals surface area contributed by atoms with Crippen molar-refractivity contribution in [2.75, 3.05) is 18.6 Å². The van der Waals surface area contributed by atoms with E-state index in [2.05, 4.69) is 37.2 Å². The number of thioether (sulfide) groups is 1. The van der Waals surface area contributed by atoms with Crippen molar-refractivity contribution in [2.24, 2.45) is 19.1 Å². The first-order valence-electron chi connectivity index (χ1n) is 7.94. The third-order valence-corrected chi connectivity index (χ3v) is 4.43. The van der Waals surface area contributed by atoms with E-state index in [0.717, 1.165) is 42.0 Å². The molecular weight excluding hydrogens is 451 g/mol. The summed E-state index contributed by atoms with van der Waals surface area (Å²) < 4.78 is 3.81. The van der Waals surface area contributed by atoms with E-state index < -0.39 is 0 Å². The molecule has 2 rings (SSSR count). The van der Waals surface area contributed by atoms with Crippen molar-refractivity contribution < 1.29 is 0 Å². The average molecular weight is 478 g/mol. The van der Waals surface area contributed by atoms with Gasteiger partial charge in [-0.3, -0.25) is 4.68 Å². The van der Waals surface area contributed by atoms with Crippen molar-refractivity contribution in [2.45, 2.75) is 26.4 Å². The second kappa shape index (κ2) is 11.3. The van der Waals surface area contributed by atoms with E-state index in [1.165, 1.54) is 0 Å². The zero-order valence-electron chi connectivity index (χ0n) is 15.2. The Hall–Kier alpha value is -1.30. The Balaban J connectivity index is 0.00000312. The van der Waals surface area contributed by atoms with E-state index in [1.54, 1.807) is 6.20 Å². The highest BCUT2D eigenvalue weighted by molar-refractivity contribution is 14.0. The van der Waals surface area contributed by atoms with Gasteiger partial charge < -0.3 is 15.2 Å². The number of aromatic nitrogens is 5. The van der Waals surface area contributed by atoms with Crippen LogP contribution in [-0.2, 0) is 27.2 Å². The van der Waals surface area contributed by atoms with Crippen molar-refractivity contribution in [1.29, 1.82) is 0 Å². The van der Waals surface area contributed by atoms with Crippen LogP contribution >= 0.6 is 35.7 Å². The topological polar surface area (TPSA) is 84.9 Å². The van der Waals surface area contributed by atoms with Crippen molar-refractivity contribution in [3.05, 3.63) is 29.6 Å². The maximum Gasteiger partial charge on any atom is 0.192 e. The monoisotopic (exact) mass is 478 g/mol. The smallest absolute Gasteiger partial charge is 0.192 e. The summed E-state index contributed by atoms with van der Waals surface area (Å²) in [5.41, 5.74) is 1.06. The highest BCUT2D eigenvalue weighted by Crippen LogP contribution is 2.00. The summed E-state index contributed by atoms with van der Waals surface area (Å²) in [4.78, 5) is 4.65. The van der Waals surface area contributed by atoms with Gasteiger partial charge in [0.1, 0.15) is 5.82 Å². The summed E-state index contributed by atoms with van der Waals surface area (Å²) >= 11 is 1.85. The molecule has 0 amide bonds. The first-order valence-corrected chi connectivity index (χ1v) is 9.34. The molecule has 0 atom stereocenters. The Morgan fingerprint density at radius 1 is 1.28 bits per heavy atom. The van der Waals surface area contributed by atoms with Crippen molar-refractivity contribution in [3.8, 4) is 0 Å². The molecule has 0 aliphatic heterocycles. The SMILES string of the molecule is CSCCCNC(=NCc1ccnn1C)NCc1nnc(C)n1C.I. The van der Waals surface area contributed by atoms with Crippen LogP contribution in [-0.4, -0.2) is 49.1 Å². The molecule has 0 spiro atoms. The van der Waals surface area contributed by atoms with Gasteiger partial charge in [-0.05, 0) is 31.4 Å². The lowest BCUT2D eigenvalue weighted by Gasteiger charge is -2.12. The Kier molecular flexibility index (Phi) is 9.86. The molecule has 0 fully saturated rings. The Labute approximate surface area is 170 Å². The van der Waals surface area contributed by atoms with Crippen molar-refractivity contribution in [1.82, 2.24) is 35.2 Å². The second-order valence-corrected chi connectivity index (χ2v) is 6.45. The van der Waals surface area contributed by atoms with Crippen LogP contribution in [0.3, 0.4) is 0 Å². The molecule has 8 nitrogen and oxygen atoms in total. The molecule has 2 aromatic rings. The molecule has 2 heterocycles. The van der Waals surface area contributed by atoms with Gasteiger partial charge in [-0.2, -0.15) is 16.9 Å². The normalized spacial score (nSPS) is 11.3. The molecule has 2 N–H and O–H groups in total. The zero-order valence-corrected chi connectivity index (χ0v) is 18.3. The van der Waals surface area contributed by atoms with Gasteiger partial charge in [-0.15, -0.1) is 34.2 Å². The van der Waals surface area contributed by atoms with Gasteiger partial charge in [0.2, 0.25) is 0 Å². The van der Waals surface area contributed by atoms with Crippen LogP contribution in [0.25, 0.3) is 0 Å².